The van der Waals surface area contributed by atoms with Crippen molar-refractivity contribution in [3.8, 4) is 0 Å². The van der Waals surface area contributed by atoms with Crippen LogP contribution in [0.15, 0.2) is 122 Å². The Balaban J connectivity index is 4.25. The van der Waals surface area contributed by atoms with E-state index in [4.69, 9.17) is 14.2 Å². The topological polar surface area (TPSA) is 78.9 Å². The van der Waals surface area contributed by atoms with E-state index in [0.717, 1.165) is 103 Å². The van der Waals surface area contributed by atoms with Crippen molar-refractivity contribution < 1.29 is 28.6 Å². The van der Waals surface area contributed by atoms with Crippen molar-refractivity contribution in [3.63, 3.8) is 0 Å². The maximum atomic E-state index is 12.9. The molecule has 0 saturated heterocycles. The van der Waals surface area contributed by atoms with Crippen molar-refractivity contribution in [2.24, 2.45) is 0 Å². The van der Waals surface area contributed by atoms with Gasteiger partial charge in [-0.1, -0.05) is 341 Å². The van der Waals surface area contributed by atoms with E-state index >= 15 is 0 Å². The van der Waals surface area contributed by atoms with Gasteiger partial charge in [-0.2, -0.15) is 0 Å². The van der Waals surface area contributed by atoms with Gasteiger partial charge in [-0.3, -0.25) is 14.4 Å². The maximum absolute atomic E-state index is 12.9. The first-order chi connectivity index (χ1) is 41.0. The molecule has 0 rings (SSSR count). The van der Waals surface area contributed by atoms with Gasteiger partial charge in [-0.15, -0.1) is 0 Å². The maximum Gasteiger partial charge on any atom is 0.309 e. The number of hydrogen-bond donors (Lipinski definition) is 0. The molecule has 474 valence electrons. The summed E-state index contributed by atoms with van der Waals surface area (Å²) >= 11 is 0. The molecule has 0 N–H and O–H groups in total. The van der Waals surface area contributed by atoms with Crippen molar-refractivity contribution in [2.45, 2.75) is 335 Å². The monoisotopic (exact) mass is 1150 g/mol. The summed E-state index contributed by atoms with van der Waals surface area (Å²) in [5, 5.41) is 0. The first-order valence-electron chi connectivity index (χ1n) is 35.0. The fourth-order valence-electron chi connectivity index (χ4n) is 9.84. The average molecular weight is 1150 g/mol. The highest BCUT2D eigenvalue weighted by Crippen LogP contribution is 2.17. The minimum absolute atomic E-state index is 0.105. The third-order valence-corrected chi connectivity index (χ3v) is 15.0. The van der Waals surface area contributed by atoms with Crippen LogP contribution in [-0.4, -0.2) is 37.2 Å². The largest absolute Gasteiger partial charge is 0.462 e. The molecule has 0 spiro atoms. The number of ether oxygens (including phenoxy) is 3. The third kappa shape index (κ3) is 68.5. The van der Waals surface area contributed by atoms with Gasteiger partial charge in [0.2, 0.25) is 0 Å². The molecule has 1 atom stereocenters. The van der Waals surface area contributed by atoms with Gasteiger partial charge >= 0.3 is 17.9 Å². The Morgan fingerprint density at radius 2 is 0.518 bits per heavy atom. The fraction of sp³-hybridized carbons (Fsp3) is 0.701. The molecule has 0 radical (unpaired) electrons. The average Bonchev–Trinajstić information content (AvgIpc) is 3.49. The molecule has 83 heavy (non-hydrogen) atoms. The van der Waals surface area contributed by atoms with E-state index in [-0.39, 0.29) is 31.6 Å². The summed E-state index contributed by atoms with van der Waals surface area (Å²) in [5.74, 6) is -1.03. The number of unbranched alkanes of at least 4 members (excludes halogenated alkanes) is 33. The second-order valence-corrected chi connectivity index (χ2v) is 23.1. The Hall–Kier alpha value is -4.19. The van der Waals surface area contributed by atoms with Crippen molar-refractivity contribution in [1.29, 1.82) is 0 Å². The van der Waals surface area contributed by atoms with Crippen LogP contribution in [0.3, 0.4) is 0 Å². The lowest BCUT2D eigenvalue weighted by Gasteiger charge is -2.18. The van der Waals surface area contributed by atoms with Gasteiger partial charge in [0, 0.05) is 12.8 Å². The first-order valence-corrected chi connectivity index (χ1v) is 35.0. The van der Waals surface area contributed by atoms with Crippen molar-refractivity contribution >= 4 is 17.9 Å². The number of carbonyl (C=O) groups is 3. The predicted molar refractivity (Wildman–Crippen MR) is 362 cm³/mol. The molecule has 0 fully saturated rings. The highest BCUT2D eigenvalue weighted by atomic mass is 16.6. The minimum Gasteiger partial charge on any atom is -0.462 e. The smallest absolute Gasteiger partial charge is 0.309 e. The molecule has 6 nitrogen and oxygen atoms in total. The Morgan fingerprint density at radius 3 is 0.843 bits per heavy atom. The summed E-state index contributed by atoms with van der Waals surface area (Å²) in [5.41, 5.74) is 0. The summed E-state index contributed by atoms with van der Waals surface area (Å²) in [6.45, 7) is 6.36. The summed E-state index contributed by atoms with van der Waals surface area (Å²) < 4.78 is 16.9. The van der Waals surface area contributed by atoms with Crippen molar-refractivity contribution in [2.75, 3.05) is 13.2 Å². The lowest BCUT2D eigenvalue weighted by Crippen LogP contribution is -2.30. The van der Waals surface area contributed by atoms with Gasteiger partial charge in [0.05, 0.1) is 6.42 Å². The van der Waals surface area contributed by atoms with E-state index in [2.05, 4.69) is 130 Å². The highest BCUT2D eigenvalue weighted by Gasteiger charge is 2.19. The second kappa shape index (κ2) is 70.3. The zero-order valence-corrected chi connectivity index (χ0v) is 54.4. The predicted octanol–water partition coefficient (Wildman–Crippen LogP) is 24.3. The number of rotatable bonds is 63. The molecule has 0 aliphatic rings. The molecule has 0 heterocycles. The zero-order valence-electron chi connectivity index (χ0n) is 54.4. The van der Waals surface area contributed by atoms with E-state index in [1.807, 2.05) is 6.08 Å². The molecule has 0 aliphatic carbocycles. The van der Waals surface area contributed by atoms with Crippen LogP contribution in [0, 0.1) is 0 Å². The van der Waals surface area contributed by atoms with Crippen LogP contribution in [0.4, 0.5) is 0 Å². The van der Waals surface area contributed by atoms with Crippen LogP contribution in [0.25, 0.3) is 0 Å². The van der Waals surface area contributed by atoms with Crippen molar-refractivity contribution in [1.82, 2.24) is 0 Å². The molecule has 0 bridgehead atoms. The third-order valence-electron chi connectivity index (χ3n) is 15.0. The molecule has 0 aromatic carbocycles. The number of esters is 3. The van der Waals surface area contributed by atoms with Gasteiger partial charge in [0.1, 0.15) is 13.2 Å². The SMILES string of the molecule is CC/C=C\C/C=C\C/C=C\C/C=C\C/C=C\CCCCCCCCCCCCCCCCCCCC(=O)OCC(COC(=O)C/C=C\C/C=C\C/C=C\C/C=C\C/C=C\CC)OC(=O)CCCCCCCCCCCCCCCCCCC. The lowest BCUT2D eigenvalue weighted by atomic mass is 10.0. The van der Waals surface area contributed by atoms with Gasteiger partial charge in [0.15, 0.2) is 6.10 Å². The Morgan fingerprint density at radius 1 is 0.265 bits per heavy atom. The minimum atomic E-state index is -0.818. The summed E-state index contributed by atoms with van der Waals surface area (Å²) in [6, 6.07) is 0. The van der Waals surface area contributed by atoms with Crippen LogP contribution in [0.2, 0.25) is 0 Å². The van der Waals surface area contributed by atoms with Crippen LogP contribution < -0.4 is 0 Å². The fourth-order valence-corrected chi connectivity index (χ4v) is 9.84. The number of carbonyl (C=O) groups excluding carboxylic acids is 3. The standard InChI is InChI=1S/C77H130O6/c1-4-7-10-13-16-19-22-25-28-30-31-32-33-34-35-36-37-38-39-40-41-42-43-44-45-47-49-52-55-58-61-64-67-70-76(79)82-73-74(72-81-75(78)69-66-63-60-57-54-51-48-27-24-21-18-15-12-9-6-3)83-77(80)71-68-65-62-59-56-53-50-46-29-26-23-20-17-14-11-8-5-2/h7,9-10,12,16,18-19,21,25,27-28,31-32,34-35,48,54,57,63,66,74H,4-6,8,11,13-15,17,20,22-24,26,29-30,33,36-47,49-53,55-56,58-62,64-65,67-73H2,1-3H3/b10-7-,12-9-,19-16-,21-18-,28-25-,32-31-,35-34-,48-27-,57-54-,66-63-. The van der Waals surface area contributed by atoms with Crippen LogP contribution >= 0.6 is 0 Å². The highest BCUT2D eigenvalue weighted by molar-refractivity contribution is 5.72. The van der Waals surface area contributed by atoms with Crippen LogP contribution in [0.1, 0.15) is 329 Å². The van der Waals surface area contributed by atoms with E-state index in [1.54, 1.807) is 6.08 Å². The van der Waals surface area contributed by atoms with E-state index in [1.165, 1.54) is 186 Å². The quantitative estimate of drug-likeness (QED) is 0.0261. The normalized spacial score (nSPS) is 12.9. The summed E-state index contributed by atoms with van der Waals surface area (Å²) in [6.07, 6.45) is 98.3. The lowest BCUT2D eigenvalue weighted by molar-refractivity contribution is -0.166. The summed E-state index contributed by atoms with van der Waals surface area (Å²) in [4.78, 5) is 38.3. The van der Waals surface area contributed by atoms with Gasteiger partial charge in [-0.25, -0.2) is 0 Å². The molecular formula is C77H130O6. The summed E-state index contributed by atoms with van der Waals surface area (Å²) in [7, 11) is 0. The molecule has 0 amide bonds. The molecule has 0 aliphatic heterocycles. The van der Waals surface area contributed by atoms with Gasteiger partial charge in [-0.05, 0) is 89.9 Å². The van der Waals surface area contributed by atoms with E-state index in [0.29, 0.717) is 12.8 Å². The second-order valence-electron chi connectivity index (χ2n) is 23.1. The van der Waals surface area contributed by atoms with Gasteiger partial charge < -0.3 is 14.2 Å². The van der Waals surface area contributed by atoms with Crippen LogP contribution in [-0.2, 0) is 28.6 Å². The molecule has 0 aromatic heterocycles. The molecule has 0 saturated carbocycles. The Bertz CT molecular complexity index is 1700. The van der Waals surface area contributed by atoms with E-state index < -0.39 is 12.1 Å². The number of hydrogen-bond acceptors (Lipinski definition) is 6. The van der Waals surface area contributed by atoms with Crippen molar-refractivity contribution in [3.05, 3.63) is 122 Å². The number of allylic oxidation sites excluding steroid dienone is 19. The Kier molecular flexibility index (Phi) is 66.7. The van der Waals surface area contributed by atoms with Crippen LogP contribution in [0.5, 0.6) is 0 Å². The first kappa shape index (κ1) is 78.8. The molecular weight excluding hydrogens is 1020 g/mol. The van der Waals surface area contributed by atoms with E-state index in [9.17, 15) is 14.4 Å². The molecule has 1 unspecified atom stereocenters. The van der Waals surface area contributed by atoms with Gasteiger partial charge in [0.25, 0.3) is 0 Å². The Labute approximate surface area is 513 Å². The molecule has 0 aromatic rings. The molecule has 6 heteroatoms. The zero-order chi connectivity index (χ0) is 59.9.